The predicted octanol–water partition coefficient (Wildman–Crippen LogP) is 2.80. The Balaban J connectivity index is 2.33. The molecule has 1 aromatic rings. The number of benzene rings is 1. The molecule has 0 fully saturated rings. The van der Waals surface area contributed by atoms with Gasteiger partial charge < -0.3 is 4.74 Å². The number of hydrogen-bond acceptors (Lipinski definition) is 5. The van der Waals surface area contributed by atoms with Crippen molar-refractivity contribution in [2.45, 2.75) is 51.9 Å². The highest BCUT2D eigenvalue weighted by molar-refractivity contribution is 6.08. The monoisotopic (exact) mass is 304 g/mol. The molecule has 1 heterocycles. The van der Waals surface area contributed by atoms with Crippen LogP contribution < -0.4 is 0 Å². The predicted molar refractivity (Wildman–Crippen MR) is 85.5 cm³/mol. The third-order valence-corrected chi connectivity index (χ3v) is 3.81. The fraction of sp³-hybridized carbons (Fsp3) is 0.529. The number of aliphatic imine (C=N–C) groups is 1. The molecule has 0 saturated heterocycles. The first-order valence-electron chi connectivity index (χ1n) is 7.41. The number of carbonyl (C=O) groups excluding carboxylic acids is 1. The molecule has 1 unspecified atom stereocenters. The van der Waals surface area contributed by atoms with Gasteiger partial charge in [-0.25, -0.2) is 4.79 Å². The lowest BCUT2D eigenvalue weighted by Crippen LogP contribution is -2.54. The van der Waals surface area contributed by atoms with Gasteiger partial charge in [-0.3, -0.25) is 9.83 Å². The molecule has 2 rings (SSSR count). The van der Waals surface area contributed by atoms with Gasteiger partial charge in [-0.2, -0.15) is 0 Å². The summed E-state index contributed by atoms with van der Waals surface area (Å²) in [5, 5.41) is 1.78. The first kappa shape index (κ1) is 16.6. The zero-order chi connectivity index (χ0) is 16.5. The van der Waals surface area contributed by atoms with Crippen LogP contribution in [0.3, 0.4) is 0 Å². The van der Waals surface area contributed by atoms with Crippen LogP contribution in [0.4, 0.5) is 0 Å². The number of hydrogen-bond donors (Lipinski definition) is 0. The van der Waals surface area contributed by atoms with Gasteiger partial charge in [0.15, 0.2) is 6.10 Å². The van der Waals surface area contributed by atoms with E-state index in [1.165, 1.54) is 7.11 Å². The van der Waals surface area contributed by atoms with Crippen molar-refractivity contribution >= 4 is 11.7 Å². The number of nitrogens with zero attached hydrogens (tertiary/aromatic N) is 2. The van der Waals surface area contributed by atoms with Crippen LogP contribution in [-0.4, -0.2) is 41.2 Å². The maximum absolute atomic E-state index is 11.7. The molecule has 1 aliphatic rings. The van der Waals surface area contributed by atoms with Crippen LogP contribution in [0.2, 0.25) is 0 Å². The van der Waals surface area contributed by atoms with Crippen LogP contribution in [0.5, 0.6) is 0 Å². The number of esters is 1. The van der Waals surface area contributed by atoms with Crippen molar-refractivity contribution in [3.05, 3.63) is 35.9 Å². The van der Waals surface area contributed by atoms with Crippen molar-refractivity contribution < 1.29 is 14.4 Å². The van der Waals surface area contributed by atoms with Gasteiger partial charge in [0.2, 0.25) is 0 Å². The van der Waals surface area contributed by atoms with Gasteiger partial charge in [-0.1, -0.05) is 30.3 Å². The molecule has 5 heteroatoms. The van der Waals surface area contributed by atoms with Gasteiger partial charge in [0.1, 0.15) is 5.66 Å². The summed E-state index contributed by atoms with van der Waals surface area (Å²) < 4.78 is 4.74. The molecule has 5 nitrogen and oxygen atoms in total. The van der Waals surface area contributed by atoms with E-state index in [0.717, 1.165) is 11.3 Å². The summed E-state index contributed by atoms with van der Waals surface area (Å²) in [6, 6.07) is 10.0. The molecule has 0 spiro atoms. The largest absolute Gasteiger partial charge is 0.467 e. The first-order valence-corrected chi connectivity index (χ1v) is 7.41. The summed E-state index contributed by atoms with van der Waals surface area (Å²) in [6.07, 6.45) is -0.686. The number of rotatable bonds is 4. The number of ether oxygens (including phenoxy) is 1. The Kier molecular flexibility index (Phi) is 4.40. The molecule has 0 aromatic heterocycles. The lowest BCUT2D eigenvalue weighted by Gasteiger charge is -2.39. The van der Waals surface area contributed by atoms with Crippen molar-refractivity contribution in [3.63, 3.8) is 0 Å². The minimum Gasteiger partial charge on any atom is -0.467 e. The van der Waals surface area contributed by atoms with Crippen molar-refractivity contribution in [1.82, 2.24) is 5.06 Å². The van der Waals surface area contributed by atoms with Gasteiger partial charge >= 0.3 is 5.97 Å². The highest BCUT2D eigenvalue weighted by Gasteiger charge is 2.50. The molecule has 0 bridgehead atoms. The fourth-order valence-corrected chi connectivity index (χ4v) is 2.88. The summed E-state index contributed by atoms with van der Waals surface area (Å²) in [4.78, 5) is 22.4. The second-order valence-corrected chi connectivity index (χ2v) is 6.45. The highest BCUT2D eigenvalue weighted by atomic mass is 16.7. The van der Waals surface area contributed by atoms with Gasteiger partial charge in [0.25, 0.3) is 0 Å². The second-order valence-electron chi connectivity index (χ2n) is 6.45. The smallest absolute Gasteiger partial charge is 0.336 e. The SMILES string of the molecule is COC(=O)C(C)ON1C(C)(C)N=C(c2ccccc2)C1(C)C. The number of carbonyl (C=O) groups is 1. The zero-order valence-corrected chi connectivity index (χ0v) is 14.1. The minimum atomic E-state index is -0.686. The molecule has 1 atom stereocenters. The van der Waals surface area contributed by atoms with Gasteiger partial charge in [-0.15, -0.1) is 5.06 Å². The van der Waals surface area contributed by atoms with E-state index < -0.39 is 23.3 Å². The van der Waals surface area contributed by atoms with Crippen LogP contribution in [0.25, 0.3) is 0 Å². The van der Waals surface area contributed by atoms with Crippen LogP contribution in [0.1, 0.15) is 40.2 Å². The van der Waals surface area contributed by atoms with E-state index in [4.69, 9.17) is 14.6 Å². The van der Waals surface area contributed by atoms with Crippen LogP contribution in [0.15, 0.2) is 35.3 Å². The molecule has 22 heavy (non-hydrogen) atoms. The van der Waals surface area contributed by atoms with E-state index in [9.17, 15) is 4.79 Å². The molecule has 0 aliphatic carbocycles. The summed E-state index contributed by atoms with van der Waals surface area (Å²) in [6.45, 7) is 9.69. The average molecular weight is 304 g/mol. The number of methoxy groups -OCH3 is 1. The quantitative estimate of drug-likeness (QED) is 0.803. The normalized spacial score (nSPS) is 21.3. The lowest BCUT2D eigenvalue weighted by molar-refractivity contribution is -0.262. The van der Waals surface area contributed by atoms with Crippen molar-refractivity contribution in [1.29, 1.82) is 0 Å². The van der Waals surface area contributed by atoms with Crippen LogP contribution >= 0.6 is 0 Å². The summed E-state index contributed by atoms with van der Waals surface area (Å²) in [5.41, 5.74) is 0.956. The second kappa shape index (κ2) is 5.82. The third kappa shape index (κ3) is 2.91. The summed E-state index contributed by atoms with van der Waals surface area (Å²) in [7, 11) is 1.36. The Labute approximate surface area is 131 Å². The van der Waals surface area contributed by atoms with E-state index in [1.54, 1.807) is 12.0 Å². The first-order chi connectivity index (χ1) is 10.2. The lowest BCUT2D eigenvalue weighted by atomic mass is 9.93. The fourth-order valence-electron chi connectivity index (χ4n) is 2.88. The molecule has 0 radical (unpaired) electrons. The Morgan fingerprint density at radius 1 is 1.18 bits per heavy atom. The third-order valence-electron chi connectivity index (χ3n) is 3.81. The molecule has 0 amide bonds. The maximum Gasteiger partial charge on any atom is 0.336 e. The highest BCUT2D eigenvalue weighted by Crippen LogP contribution is 2.38. The Morgan fingerprint density at radius 3 is 2.32 bits per heavy atom. The molecule has 1 aliphatic heterocycles. The van der Waals surface area contributed by atoms with Gasteiger partial charge in [0.05, 0.1) is 18.4 Å². The van der Waals surface area contributed by atoms with E-state index >= 15 is 0 Å². The minimum absolute atomic E-state index is 0.403. The Morgan fingerprint density at radius 2 is 1.77 bits per heavy atom. The van der Waals surface area contributed by atoms with Crippen LogP contribution in [-0.2, 0) is 14.4 Å². The maximum atomic E-state index is 11.7. The molecule has 1 aromatic carbocycles. The van der Waals surface area contributed by atoms with Gasteiger partial charge in [-0.05, 0) is 40.2 Å². The van der Waals surface area contributed by atoms with E-state index in [-0.39, 0.29) is 0 Å². The van der Waals surface area contributed by atoms with E-state index in [0.29, 0.717) is 0 Å². The standard InChI is InChI=1S/C17H24N2O3/c1-12(15(20)21-6)22-19-16(2,3)14(18-17(19,4)5)13-10-8-7-9-11-13/h7-12H,1-6H3. The van der Waals surface area contributed by atoms with Crippen molar-refractivity contribution in [3.8, 4) is 0 Å². The van der Waals surface area contributed by atoms with Gasteiger partial charge in [0, 0.05) is 0 Å². The molecular weight excluding hydrogens is 280 g/mol. The molecular formula is C17H24N2O3. The summed E-state index contributed by atoms with van der Waals surface area (Å²) in [5.74, 6) is -0.403. The van der Waals surface area contributed by atoms with E-state index in [2.05, 4.69) is 0 Å². The molecule has 0 N–H and O–H groups in total. The van der Waals surface area contributed by atoms with Crippen molar-refractivity contribution in [2.24, 2.45) is 4.99 Å². The van der Waals surface area contributed by atoms with E-state index in [1.807, 2.05) is 58.0 Å². The van der Waals surface area contributed by atoms with Crippen molar-refractivity contribution in [2.75, 3.05) is 7.11 Å². The Bertz CT molecular complexity index is 579. The zero-order valence-electron chi connectivity index (χ0n) is 14.1. The molecule has 0 saturated carbocycles. The van der Waals surface area contributed by atoms with Crippen LogP contribution in [0, 0.1) is 0 Å². The average Bonchev–Trinajstić information content (AvgIpc) is 2.66. The molecule has 120 valence electrons. The summed E-state index contributed by atoms with van der Waals surface area (Å²) >= 11 is 0. The Hall–Kier alpha value is -1.72. The topological polar surface area (TPSA) is 51.1 Å². The number of hydroxylamine groups is 2.